The molecule has 1 heterocycles. The summed E-state index contributed by atoms with van der Waals surface area (Å²) in [6.07, 6.45) is 1.72. The molecular formula is C19H17ClFN3O2S. The van der Waals surface area contributed by atoms with Crippen molar-refractivity contribution in [3.8, 4) is 0 Å². The van der Waals surface area contributed by atoms with Crippen LogP contribution in [-0.4, -0.2) is 26.3 Å². The van der Waals surface area contributed by atoms with Gasteiger partial charge in [0.25, 0.3) is 0 Å². The Balaban J connectivity index is 1.64. The summed E-state index contributed by atoms with van der Waals surface area (Å²) in [5, 5.41) is 13.3. The molecule has 1 aromatic heterocycles. The van der Waals surface area contributed by atoms with Crippen molar-refractivity contribution < 1.29 is 14.3 Å². The Hall–Kier alpha value is -2.35. The van der Waals surface area contributed by atoms with Gasteiger partial charge < -0.3 is 15.0 Å². The topological polar surface area (TPSA) is 67.1 Å². The Kier molecular flexibility index (Phi) is 6.49. The highest BCUT2D eigenvalue weighted by molar-refractivity contribution is 7.99. The van der Waals surface area contributed by atoms with E-state index in [9.17, 15) is 14.3 Å². The predicted octanol–water partition coefficient (Wildman–Crippen LogP) is 3.95. The van der Waals surface area contributed by atoms with Gasteiger partial charge in [0.1, 0.15) is 5.82 Å². The van der Waals surface area contributed by atoms with Crippen molar-refractivity contribution in [2.75, 3.05) is 11.1 Å². The number of carbonyl (C=O) groups excluding carboxylic acids is 1. The van der Waals surface area contributed by atoms with Crippen LogP contribution in [0, 0.1) is 5.82 Å². The van der Waals surface area contributed by atoms with E-state index in [1.54, 1.807) is 42.6 Å². The normalized spacial score (nSPS) is 10.8. The first-order chi connectivity index (χ1) is 13.0. The number of aliphatic hydroxyl groups is 1. The third-order valence-corrected chi connectivity index (χ3v) is 4.92. The summed E-state index contributed by atoms with van der Waals surface area (Å²) in [5.74, 6) is -0.313. The number of anilines is 1. The molecule has 1 amide bonds. The first-order valence-corrected chi connectivity index (χ1v) is 9.49. The Morgan fingerprint density at radius 2 is 1.89 bits per heavy atom. The van der Waals surface area contributed by atoms with E-state index in [-0.39, 0.29) is 24.1 Å². The fraction of sp³-hybridized carbons (Fsp3) is 0.158. The van der Waals surface area contributed by atoms with Crippen molar-refractivity contribution in [1.29, 1.82) is 0 Å². The molecule has 0 aliphatic carbocycles. The molecule has 2 aromatic carbocycles. The summed E-state index contributed by atoms with van der Waals surface area (Å²) in [4.78, 5) is 16.5. The molecule has 0 saturated carbocycles. The van der Waals surface area contributed by atoms with Gasteiger partial charge in [0.15, 0.2) is 5.16 Å². The third-order valence-electron chi connectivity index (χ3n) is 3.68. The van der Waals surface area contributed by atoms with Gasteiger partial charge in [-0.1, -0.05) is 35.5 Å². The van der Waals surface area contributed by atoms with Gasteiger partial charge in [-0.2, -0.15) is 0 Å². The summed E-state index contributed by atoms with van der Waals surface area (Å²) in [6.45, 7) is 0.273. The van der Waals surface area contributed by atoms with E-state index in [2.05, 4.69) is 10.3 Å². The van der Waals surface area contributed by atoms with Crippen LogP contribution in [0.5, 0.6) is 0 Å². The number of halogens is 2. The van der Waals surface area contributed by atoms with Gasteiger partial charge in [0.05, 0.1) is 18.1 Å². The van der Waals surface area contributed by atoms with E-state index in [0.717, 1.165) is 5.56 Å². The van der Waals surface area contributed by atoms with Gasteiger partial charge in [-0.3, -0.25) is 4.79 Å². The van der Waals surface area contributed by atoms with Crippen LogP contribution in [-0.2, 0) is 17.9 Å². The molecule has 3 rings (SSSR count). The zero-order valence-corrected chi connectivity index (χ0v) is 15.8. The molecule has 2 N–H and O–H groups in total. The maximum Gasteiger partial charge on any atom is 0.234 e. The molecule has 27 heavy (non-hydrogen) atoms. The van der Waals surface area contributed by atoms with Gasteiger partial charge in [-0.25, -0.2) is 9.37 Å². The number of hydrogen-bond donors (Lipinski definition) is 2. The molecule has 140 valence electrons. The van der Waals surface area contributed by atoms with Crippen molar-refractivity contribution in [1.82, 2.24) is 9.55 Å². The maximum absolute atomic E-state index is 13.1. The van der Waals surface area contributed by atoms with Crippen LogP contribution in [0.1, 0.15) is 11.3 Å². The zero-order valence-electron chi connectivity index (χ0n) is 14.2. The molecular weight excluding hydrogens is 389 g/mol. The van der Waals surface area contributed by atoms with E-state index in [1.807, 2.05) is 4.57 Å². The minimum Gasteiger partial charge on any atom is -0.390 e. The quantitative estimate of drug-likeness (QED) is 0.584. The first kappa shape index (κ1) is 19.4. The van der Waals surface area contributed by atoms with Crippen LogP contribution < -0.4 is 5.32 Å². The summed E-state index contributed by atoms with van der Waals surface area (Å²) in [5.41, 5.74) is 2.07. The van der Waals surface area contributed by atoms with Crippen molar-refractivity contribution in [2.45, 2.75) is 18.3 Å². The molecule has 0 fully saturated rings. The average molecular weight is 406 g/mol. The Bertz CT molecular complexity index is 914. The zero-order chi connectivity index (χ0) is 19.2. The summed E-state index contributed by atoms with van der Waals surface area (Å²) >= 11 is 7.09. The van der Waals surface area contributed by atoms with Gasteiger partial charge in [0, 0.05) is 23.5 Å². The second kappa shape index (κ2) is 9.03. The lowest BCUT2D eigenvalue weighted by molar-refractivity contribution is -0.113. The Labute approximate surface area is 165 Å². The van der Waals surface area contributed by atoms with Crippen LogP contribution in [0.15, 0.2) is 59.9 Å². The van der Waals surface area contributed by atoms with E-state index in [1.165, 1.54) is 23.9 Å². The third kappa shape index (κ3) is 5.56. The standard InChI is InChI=1S/C19H17ClFN3O2S/c20-14-3-7-16(8-4-14)22-18(26)12-27-19-23-17(11-25)10-24(19)9-13-1-5-15(21)6-2-13/h1-8,10,25H,9,11-12H2,(H,22,26). The fourth-order valence-electron chi connectivity index (χ4n) is 2.40. The smallest absolute Gasteiger partial charge is 0.234 e. The van der Waals surface area contributed by atoms with E-state index in [0.29, 0.717) is 28.1 Å². The van der Waals surface area contributed by atoms with Crippen LogP contribution in [0.2, 0.25) is 5.02 Å². The van der Waals surface area contributed by atoms with Crippen LogP contribution >= 0.6 is 23.4 Å². The van der Waals surface area contributed by atoms with Crippen LogP contribution in [0.4, 0.5) is 10.1 Å². The van der Waals surface area contributed by atoms with Crippen LogP contribution in [0.3, 0.4) is 0 Å². The average Bonchev–Trinajstić information content (AvgIpc) is 3.06. The van der Waals surface area contributed by atoms with Crippen molar-refractivity contribution >= 4 is 35.0 Å². The number of imidazole rings is 1. The summed E-state index contributed by atoms with van der Waals surface area (Å²) < 4.78 is 14.9. The lowest BCUT2D eigenvalue weighted by atomic mass is 10.2. The number of aliphatic hydroxyl groups excluding tert-OH is 1. The number of benzene rings is 2. The van der Waals surface area contributed by atoms with E-state index in [4.69, 9.17) is 11.6 Å². The molecule has 3 aromatic rings. The molecule has 0 saturated heterocycles. The Morgan fingerprint density at radius 1 is 1.19 bits per heavy atom. The first-order valence-electron chi connectivity index (χ1n) is 8.13. The minimum absolute atomic E-state index is 0.161. The van der Waals surface area contributed by atoms with Gasteiger partial charge in [0.2, 0.25) is 5.91 Å². The maximum atomic E-state index is 13.1. The number of nitrogens with zero attached hydrogens (tertiary/aromatic N) is 2. The molecule has 0 atom stereocenters. The van der Waals surface area contributed by atoms with E-state index < -0.39 is 0 Å². The monoisotopic (exact) mass is 405 g/mol. The highest BCUT2D eigenvalue weighted by atomic mass is 35.5. The molecule has 0 bridgehead atoms. The Morgan fingerprint density at radius 3 is 2.56 bits per heavy atom. The number of thioether (sulfide) groups is 1. The van der Waals surface area contributed by atoms with Gasteiger partial charge >= 0.3 is 0 Å². The number of rotatable bonds is 7. The second-order valence-corrected chi connectivity index (χ2v) is 7.15. The molecule has 5 nitrogen and oxygen atoms in total. The largest absolute Gasteiger partial charge is 0.390 e. The SMILES string of the molecule is O=C(CSc1nc(CO)cn1Cc1ccc(F)cc1)Nc1ccc(Cl)cc1. The van der Waals surface area contributed by atoms with E-state index >= 15 is 0 Å². The highest BCUT2D eigenvalue weighted by Gasteiger charge is 2.12. The van der Waals surface area contributed by atoms with Crippen molar-refractivity contribution in [3.63, 3.8) is 0 Å². The molecule has 8 heteroatoms. The lowest BCUT2D eigenvalue weighted by Gasteiger charge is -2.08. The summed E-state index contributed by atoms with van der Waals surface area (Å²) in [7, 11) is 0. The van der Waals surface area contributed by atoms with Gasteiger partial charge in [-0.15, -0.1) is 0 Å². The number of aromatic nitrogens is 2. The van der Waals surface area contributed by atoms with Crippen molar-refractivity contribution in [2.24, 2.45) is 0 Å². The number of hydrogen-bond acceptors (Lipinski definition) is 4. The molecule has 0 radical (unpaired) electrons. The highest BCUT2D eigenvalue weighted by Crippen LogP contribution is 2.21. The minimum atomic E-state index is -0.297. The molecule has 0 aliphatic rings. The van der Waals surface area contributed by atoms with Gasteiger partial charge in [-0.05, 0) is 42.0 Å². The number of amides is 1. The fourth-order valence-corrected chi connectivity index (χ4v) is 3.33. The second-order valence-electron chi connectivity index (χ2n) is 5.77. The van der Waals surface area contributed by atoms with Crippen molar-refractivity contribution in [3.05, 3.63) is 76.8 Å². The number of carbonyl (C=O) groups is 1. The summed E-state index contributed by atoms with van der Waals surface area (Å²) in [6, 6.07) is 13.0. The predicted molar refractivity (Wildman–Crippen MR) is 104 cm³/mol. The molecule has 0 spiro atoms. The van der Waals surface area contributed by atoms with Crippen LogP contribution in [0.25, 0.3) is 0 Å². The lowest BCUT2D eigenvalue weighted by Crippen LogP contribution is -2.14. The molecule has 0 unspecified atom stereocenters. The number of nitrogens with one attached hydrogen (secondary N) is 1. The molecule has 0 aliphatic heterocycles.